The molecule has 0 rings (SSSR count). The van der Waals surface area contributed by atoms with Crippen molar-refractivity contribution in [3.8, 4) is 0 Å². The molecule has 0 bridgehead atoms. The van der Waals surface area contributed by atoms with Crippen molar-refractivity contribution in [1.29, 1.82) is 0 Å². The molecule has 3 heteroatoms. The van der Waals surface area contributed by atoms with Crippen LogP contribution >= 0.6 is 0 Å². The third-order valence-electron chi connectivity index (χ3n) is 0.347. The van der Waals surface area contributed by atoms with E-state index in [-0.39, 0.29) is 0 Å². The zero-order valence-electron chi connectivity index (χ0n) is 3.28. The molecule has 1 radical (unpaired) electrons. The monoisotopic (exact) mass is 95.0 g/mol. The average Bonchev–Trinajstić information content (AvgIpc) is 1.35. The van der Waals surface area contributed by atoms with E-state index < -0.39 is 6.11 Å². The summed E-state index contributed by atoms with van der Waals surface area (Å²) in [5, 5.41) is 7.44. The minimum atomic E-state index is -3.58. The van der Waals surface area contributed by atoms with Crippen LogP contribution in [0.25, 0.3) is 0 Å². The van der Waals surface area contributed by atoms with Crippen LogP contribution in [0.2, 0.25) is 0 Å². The predicted octanol–water partition coefficient (Wildman–Crippen LogP) is 0.796. The van der Waals surface area contributed by atoms with Gasteiger partial charge in [-0.3, -0.25) is 0 Å². The molecule has 37 valence electrons. The number of hydrogen-bond donors (Lipinski definition) is 1. The summed E-state index contributed by atoms with van der Waals surface area (Å²) < 4.78 is 21.9. The van der Waals surface area contributed by atoms with Crippen LogP contribution in [-0.2, 0) is 0 Å². The first-order chi connectivity index (χ1) is 2.56. The van der Waals surface area contributed by atoms with E-state index in [0.29, 0.717) is 6.42 Å². The summed E-state index contributed by atoms with van der Waals surface area (Å²) in [5.41, 5.74) is 0. The van der Waals surface area contributed by atoms with Crippen molar-refractivity contribution >= 4 is 0 Å². The van der Waals surface area contributed by atoms with Crippen LogP contribution in [0.1, 0.15) is 6.92 Å². The summed E-state index contributed by atoms with van der Waals surface area (Å²) in [4.78, 5) is 0. The van der Waals surface area contributed by atoms with Crippen LogP contribution in [0.15, 0.2) is 0 Å². The maximum Gasteiger partial charge on any atom is 0.356 e. The Hall–Kier alpha value is -0.180. The molecule has 6 heavy (non-hydrogen) atoms. The highest BCUT2D eigenvalue weighted by Crippen LogP contribution is 2.09. The van der Waals surface area contributed by atoms with E-state index in [1.807, 2.05) is 0 Å². The molecule has 0 amide bonds. The van der Waals surface area contributed by atoms with Crippen molar-refractivity contribution in [2.45, 2.75) is 13.0 Å². The minimum absolute atomic E-state index is 0.410. The molecule has 0 fully saturated rings. The second kappa shape index (κ2) is 1.51. The Morgan fingerprint density at radius 3 is 1.83 bits per heavy atom. The maximum absolute atomic E-state index is 11.0. The van der Waals surface area contributed by atoms with Gasteiger partial charge in [0.15, 0.2) is 0 Å². The van der Waals surface area contributed by atoms with Crippen LogP contribution in [0, 0.1) is 6.42 Å². The lowest BCUT2D eigenvalue weighted by Gasteiger charge is -1.99. The fourth-order valence-corrected chi connectivity index (χ4v) is 0. The predicted molar refractivity (Wildman–Crippen MR) is 17.1 cm³/mol. The van der Waals surface area contributed by atoms with Gasteiger partial charge in [-0.05, 0) is 0 Å². The highest BCUT2D eigenvalue weighted by Gasteiger charge is 2.19. The number of halogens is 2. The minimum Gasteiger partial charge on any atom is -0.336 e. The Balaban J connectivity index is 3.17. The summed E-state index contributed by atoms with van der Waals surface area (Å²) in [6.45, 7) is 1.08. The second-order valence-electron chi connectivity index (χ2n) is 0.876. The van der Waals surface area contributed by atoms with Gasteiger partial charge in [-0.2, -0.15) is 8.78 Å². The number of aliphatic hydroxyl groups is 1. The molecule has 0 saturated carbocycles. The molecule has 0 aromatic rings. The second-order valence-corrected chi connectivity index (χ2v) is 0.876. The molecule has 0 saturated heterocycles. The van der Waals surface area contributed by atoms with E-state index >= 15 is 0 Å². The van der Waals surface area contributed by atoms with E-state index in [1.165, 1.54) is 0 Å². The van der Waals surface area contributed by atoms with Crippen molar-refractivity contribution in [1.82, 2.24) is 0 Å². The van der Waals surface area contributed by atoms with Crippen LogP contribution < -0.4 is 0 Å². The van der Waals surface area contributed by atoms with Gasteiger partial charge in [-0.15, -0.1) is 0 Å². The molecule has 0 aliphatic carbocycles. The summed E-state index contributed by atoms with van der Waals surface area (Å²) in [5.74, 6) is 0. The molecular formula is C3H5F2O. The molecule has 0 atom stereocenters. The van der Waals surface area contributed by atoms with Crippen LogP contribution in [0.3, 0.4) is 0 Å². The topological polar surface area (TPSA) is 20.2 Å². The van der Waals surface area contributed by atoms with Crippen LogP contribution in [0.5, 0.6) is 0 Å². The van der Waals surface area contributed by atoms with Crippen molar-refractivity contribution in [3.05, 3.63) is 6.42 Å². The fourth-order valence-electron chi connectivity index (χ4n) is 0. The molecule has 0 aromatic carbocycles. The van der Waals surface area contributed by atoms with E-state index in [0.717, 1.165) is 6.92 Å². The summed E-state index contributed by atoms with van der Waals surface area (Å²) >= 11 is 0. The quantitative estimate of drug-likeness (QED) is 0.510. The first kappa shape index (κ1) is 5.82. The molecule has 1 N–H and O–H groups in total. The largest absolute Gasteiger partial charge is 0.356 e. The molecule has 1 nitrogen and oxygen atoms in total. The molecule has 0 unspecified atom stereocenters. The smallest absolute Gasteiger partial charge is 0.336 e. The van der Waals surface area contributed by atoms with Gasteiger partial charge in [-0.1, -0.05) is 6.92 Å². The highest BCUT2D eigenvalue weighted by molar-refractivity contribution is 4.64. The highest BCUT2D eigenvalue weighted by atomic mass is 19.3. The lowest BCUT2D eigenvalue weighted by molar-refractivity contribution is -0.168. The molecule has 0 aromatic heterocycles. The van der Waals surface area contributed by atoms with Gasteiger partial charge in [0.25, 0.3) is 0 Å². The Morgan fingerprint density at radius 1 is 1.67 bits per heavy atom. The van der Waals surface area contributed by atoms with Gasteiger partial charge in [0.05, 0.1) is 6.42 Å². The van der Waals surface area contributed by atoms with E-state index in [9.17, 15) is 8.78 Å². The van der Waals surface area contributed by atoms with Gasteiger partial charge >= 0.3 is 6.11 Å². The third kappa shape index (κ3) is 3.82. The number of alkyl halides is 2. The van der Waals surface area contributed by atoms with E-state index in [1.54, 1.807) is 0 Å². The van der Waals surface area contributed by atoms with Gasteiger partial charge in [0.1, 0.15) is 0 Å². The Kier molecular flexibility index (Phi) is 1.47. The van der Waals surface area contributed by atoms with E-state index in [4.69, 9.17) is 5.11 Å². The molecular weight excluding hydrogens is 90.0 g/mol. The zero-order chi connectivity index (χ0) is 5.21. The molecule has 0 spiro atoms. The van der Waals surface area contributed by atoms with Crippen LogP contribution in [-0.4, -0.2) is 11.2 Å². The lowest BCUT2D eigenvalue weighted by Crippen LogP contribution is -2.11. The Morgan fingerprint density at radius 2 is 1.83 bits per heavy atom. The summed E-state index contributed by atoms with van der Waals surface area (Å²) in [6.07, 6.45) is -3.17. The normalized spacial score (nSPS) is 12.0. The van der Waals surface area contributed by atoms with E-state index in [2.05, 4.69) is 0 Å². The van der Waals surface area contributed by atoms with Gasteiger partial charge in [0, 0.05) is 0 Å². The first-order valence-electron chi connectivity index (χ1n) is 1.47. The van der Waals surface area contributed by atoms with Crippen molar-refractivity contribution < 1.29 is 13.9 Å². The first-order valence-corrected chi connectivity index (χ1v) is 1.47. The lowest BCUT2D eigenvalue weighted by atomic mass is 10.5. The number of hydrogen-bond acceptors (Lipinski definition) is 1. The van der Waals surface area contributed by atoms with Gasteiger partial charge < -0.3 is 5.11 Å². The fraction of sp³-hybridized carbons (Fsp3) is 0.667. The van der Waals surface area contributed by atoms with Gasteiger partial charge in [-0.25, -0.2) is 0 Å². The standard InChI is InChI=1S/C3H5F2O/c1-2-3(4,5)6/h2,6H,1H3. The number of rotatable bonds is 1. The summed E-state index contributed by atoms with van der Waals surface area (Å²) in [7, 11) is 0. The van der Waals surface area contributed by atoms with Crippen LogP contribution in [0.4, 0.5) is 8.78 Å². The molecule has 0 aliphatic heterocycles. The third-order valence-corrected chi connectivity index (χ3v) is 0.347. The SMILES string of the molecule is C[CH]C(O)(F)F. The average molecular weight is 95.1 g/mol. The van der Waals surface area contributed by atoms with Crippen molar-refractivity contribution in [2.24, 2.45) is 0 Å². The van der Waals surface area contributed by atoms with Gasteiger partial charge in [0.2, 0.25) is 0 Å². The summed E-state index contributed by atoms with van der Waals surface area (Å²) in [6, 6.07) is 0. The maximum atomic E-state index is 11.0. The van der Waals surface area contributed by atoms with Crippen molar-refractivity contribution in [3.63, 3.8) is 0 Å². The molecule has 0 aliphatic rings. The Labute approximate surface area is 34.6 Å². The van der Waals surface area contributed by atoms with Crippen molar-refractivity contribution in [2.75, 3.05) is 0 Å². The Bertz CT molecular complexity index is 38.5. The zero-order valence-corrected chi connectivity index (χ0v) is 3.28. The molecule has 0 heterocycles.